The van der Waals surface area contributed by atoms with Crippen LogP contribution in [0.25, 0.3) is 0 Å². The van der Waals surface area contributed by atoms with Gasteiger partial charge in [-0.25, -0.2) is 0 Å². The normalized spacial score (nSPS) is 17.0. The second-order valence-corrected chi connectivity index (χ2v) is 4.12. The van der Waals surface area contributed by atoms with Crippen LogP contribution >= 0.6 is 0 Å². The lowest BCUT2D eigenvalue weighted by atomic mass is 10.0. The van der Waals surface area contributed by atoms with Gasteiger partial charge in [0.05, 0.1) is 5.69 Å². The van der Waals surface area contributed by atoms with Gasteiger partial charge in [0.25, 0.3) is 5.91 Å². The van der Waals surface area contributed by atoms with E-state index in [0.29, 0.717) is 0 Å². The Morgan fingerprint density at radius 3 is 2.50 bits per heavy atom. The van der Waals surface area contributed by atoms with Crippen molar-refractivity contribution in [3.05, 3.63) is 23.8 Å². The van der Waals surface area contributed by atoms with Crippen molar-refractivity contribution in [3.63, 3.8) is 0 Å². The van der Waals surface area contributed by atoms with Crippen molar-refractivity contribution >= 4 is 11.6 Å². The first-order valence-electron chi connectivity index (χ1n) is 5.32. The van der Waals surface area contributed by atoms with Crippen LogP contribution in [-0.2, 0) is 4.79 Å². The number of nitrogens with one attached hydrogen (secondary N) is 1. The Morgan fingerprint density at radius 2 is 1.90 bits per heavy atom. The number of ether oxygens (including phenoxy) is 1. The highest BCUT2D eigenvalue weighted by atomic mass is 19.4. The molecule has 110 valence electrons. The smallest absolute Gasteiger partial charge is 0.456 e. The Morgan fingerprint density at radius 1 is 1.25 bits per heavy atom. The molecule has 0 aliphatic carbocycles. The van der Waals surface area contributed by atoms with Crippen LogP contribution in [0.1, 0.15) is 11.7 Å². The SMILES string of the molecule is O=C1COc2ccc(C(O)C(F)(F)C(F)(F)F)cc2N1. The Labute approximate surface area is 109 Å². The van der Waals surface area contributed by atoms with Gasteiger partial charge in [-0.2, -0.15) is 22.0 Å². The van der Waals surface area contributed by atoms with Crippen LogP contribution in [0.5, 0.6) is 5.75 Å². The predicted octanol–water partition coefficient (Wildman–Crippen LogP) is 2.25. The predicted molar refractivity (Wildman–Crippen MR) is 56.5 cm³/mol. The third-order valence-electron chi connectivity index (χ3n) is 2.67. The fraction of sp³-hybridized carbons (Fsp3) is 0.364. The number of alkyl halides is 5. The lowest BCUT2D eigenvalue weighted by molar-refractivity contribution is -0.315. The molecule has 0 aromatic heterocycles. The molecule has 1 heterocycles. The van der Waals surface area contributed by atoms with Crippen LogP contribution in [0.15, 0.2) is 18.2 Å². The van der Waals surface area contributed by atoms with Crippen LogP contribution in [0, 0.1) is 0 Å². The number of hydrogen-bond donors (Lipinski definition) is 2. The average Bonchev–Trinajstić information content (AvgIpc) is 2.35. The van der Waals surface area contributed by atoms with Gasteiger partial charge in [-0.1, -0.05) is 6.07 Å². The fourth-order valence-corrected chi connectivity index (χ4v) is 1.64. The number of halogens is 5. The van der Waals surface area contributed by atoms with Crippen LogP contribution in [0.4, 0.5) is 27.6 Å². The van der Waals surface area contributed by atoms with E-state index in [1.165, 1.54) is 0 Å². The summed E-state index contributed by atoms with van der Waals surface area (Å²) in [6.07, 6.45) is -8.96. The zero-order valence-electron chi connectivity index (χ0n) is 9.67. The van der Waals surface area contributed by atoms with Gasteiger partial charge in [-0.05, 0) is 17.7 Å². The molecule has 0 spiro atoms. The minimum Gasteiger partial charge on any atom is -0.482 e. The standard InChI is InChI=1S/C11H8F5NO3/c12-10(13,11(14,15)16)9(19)5-1-2-7-6(3-5)17-8(18)4-20-7/h1-3,9,19H,4H2,(H,17,18). The van der Waals surface area contributed by atoms with Gasteiger partial charge in [0, 0.05) is 0 Å². The number of benzene rings is 1. The summed E-state index contributed by atoms with van der Waals surface area (Å²) in [6, 6.07) is 2.79. The Balaban J connectivity index is 2.34. The summed E-state index contributed by atoms with van der Waals surface area (Å²) in [4.78, 5) is 11.0. The first-order valence-corrected chi connectivity index (χ1v) is 5.32. The van der Waals surface area contributed by atoms with Crippen molar-refractivity contribution < 1.29 is 36.6 Å². The zero-order chi connectivity index (χ0) is 15.1. The van der Waals surface area contributed by atoms with Crippen LogP contribution in [0.2, 0.25) is 0 Å². The van der Waals surface area contributed by atoms with Gasteiger partial charge in [0.1, 0.15) is 5.75 Å². The number of aliphatic hydroxyl groups is 1. The van der Waals surface area contributed by atoms with Crippen molar-refractivity contribution in [1.82, 2.24) is 0 Å². The molecule has 0 fully saturated rings. The molecule has 1 unspecified atom stereocenters. The second kappa shape index (κ2) is 4.58. The summed E-state index contributed by atoms with van der Waals surface area (Å²) in [5.74, 6) is -5.76. The Hall–Kier alpha value is -1.90. The molecule has 4 nitrogen and oxygen atoms in total. The van der Waals surface area contributed by atoms with E-state index in [4.69, 9.17) is 4.74 Å². The van der Waals surface area contributed by atoms with Crippen LogP contribution in [0.3, 0.4) is 0 Å². The van der Waals surface area contributed by atoms with E-state index in [9.17, 15) is 31.9 Å². The van der Waals surface area contributed by atoms with E-state index < -0.39 is 29.7 Å². The summed E-state index contributed by atoms with van der Waals surface area (Å²) in [7, 11) is 0. The highest BCUT2D eigenvalue weighted by Crippen LogP contribution is 2.45. The molecule has 1 aromatic rings. The van der Waals surface area contributed by atoms with E-state index in [-0.39, 0.29) is 18.0 Å². The number of amides is 1. The van der Waals surface area contributed by atoms with Gasteiger partial charge in [0.2, 0.25) is 0 Å². The lowest BCUT2D eigenvalue weighted by Crippen LogP contribution is -2.42. The monoisotopic (exact) mass is 297 g/mol. The summed E-state index contributed by atoms with van der Waals surface area (Å²) in [5.41, 5.74) is -0.757. The molecular weight excluding hydrogens is 289 g/mol. The number of carbonyl (C=O) groups excluding carboxylic acids is 1. The van der Waals surface area contributed by atoms with E-state index in [1.54, 1.807) is 0 Å². The number of carbonyl (C=O) groups is 1. The maximum absolute atomic E-state index is 13.0. The van der Waals surface area contributed by atoms with Gasteiger partial charge in [0.15, 0.2) is 12.7 Å². The van der Waals surface area contributed by atoms with Crippen molar-refractivity contribution in [1.29, 1.82) is 0 Å². The third kappa shape index (κ3) is 2.40. The molecule has 20 heavy (non-hydrogen) atoms. The highest BCUT2D eigenvalue weighted by Gasteiger charge is 2.62. The minimum absolute atomic E-state index is 0.0734. The average molecular weight is 297 g/mol. The Kier molecular flexibility index (Phi) is 3.32. The summed E-state index contributed by atoms with van der Waals surface area (Å²) >= 11 is 0. The lowest BCUT2D eigenvalue weighted by Gasteiger charge is -2.26. The molecule has 1 aliphatic heterocycles. The van der Waals surface area contributed by atoms with Crippen LogP contribution < -0.4 is 10.1 Å². The molecule has 1 aliphatic rings. The second-order valence-electron chi connectivity index (χ2n) is 4.12. The molecule has 0 bridgehead atoms. The van der Waals surface area contributed by atoms with Crippen molar-refractivity contribution in [2.24, 2.45) is 0 Å². The van der Waals surface area contributed by atoms with Crippen molar-refractivity contribution in [3.8, 4) is 5.75 Å². The molecule has 0 saturated carbocycles. The first-order chi connectivity index (χ1) is 9.13. The molecule has 0 saturated heterocycles. The van der Waals surface area contributed by atoms with E-state index in [0.717, 1.165) is 18.2 Å². The molecule has 2 rings (SSSR count). The molecular formula is C11H8F5NO3. The number of aliphatic hydroxyl groups excluding tert-OH is 1. The maximum Gasteiger partial charge on any atom is 0.456 e. The van der Waals surface area contributed by atoms with Crippen molar-refractivity contribution in [2.75, 3.05) is 11.9 Å². The highest BCUT2D eigenvalue weighted by molar-refractivity contribution is 5.95. The number of rotatable bonds is 2. The topological polar surface area (TPSA) is 58.6 Å². The maximum atomic E-state index is 13.0. The van der Waals surface area contributed by atoms with E-state index >= 15 is 0 Å². The van der Waals surface area contributed by atoms with Gasteiger partial charge >= 0.3 is 12.1 Å². The van der Waals surface area contributed by atoms with Gasteiger partial charge in [-0.15, -0.1) is 0 Å². The quantitative estimate of drug-likeness (QED) is 0.823. The molecule has 2 N–H and O–H groups in total. The first kappa shape index (κ1) is 14.5. The fourth-order valence-electron chi connectivity index (χ4n) is 1.64. The largest absolute Gasteiger partial charge is 0.482 e. The van der Waals surface area contributed by atoms with Gasteiger partial charge < -0.3 is 15.2 Å². The Bertz CT molecular complexity index is 543. The molecule has 1 atom stereocenters. The summed E-state index contributed by atoms with van der Waals surface area (Å²) in [5, 5.41) is 11.5. The summed E-state index contributed by atoms with van der Waals surface area (Å²) in [6.45, 7) is -0.284. The molecule has 0 radical (unpaired) electrons. The van der Waals surface area contributed by atoms with Gasteiger partial charge in [-0.3, -0.25) is 4.79 Å². The minimum atomic E-state index is -5.89. The van der Waals surface area contributed by atoms with E-state index in [1.807, 2.05) is 0 Å². The number of hydrogen-bond acceptors (Lipinski definition) is 3. The third-order valence-corrected chi connectivity index (χ3v) is 2.67. The summed E-state index contributed by atoms with van der Waals surface area (Å²) < 4.78 is 67.5. The zero-order valence-corrected chi connectivity index (χ0v) is 9.67. The number of fused-ring (bicyclic) bond motifs is 1. The molecule has 9 heteroatoms. The van der Waals surface area contributed by atoms with Crippen molar-refractivity contribution in [2.45, 2.75) is 18.2 Å². The number of anilines is 1. The molecule has 1 aromatic carbocycles. The molecule has 1 amide bonds. The van der Waals surface area contributed by atoms with Crippen LogP contribution in [-0.4, -0.2) is 29.7 Å². The van der Waals surface area contributed by atoms with E-state index in [2.05, 4.69) is 5.32 Å².